The second-order valence-corrected chi connectivity index (χ2v) is 7.64. The maximum Gasteiger partial charge on any atom is 0.420 e. The predicted molar refractivity (Wildman–Crippen MR) is 67.1 cm³/mol. The van der Waals surface area contributed by atoms with E-state index in [0.29, 0.717) is 0 Å². The van der Waals surface area contributed by atoms with Gasteiger partial charge in [0.15, 0.2) is 5.82 Å². The minimum atomic E-state index is -4.51. The van der Waals surface area contributed by atoms with Crippen LogP contribution in [-0.2, 0) is 16.0 Å². The molecule has 1 aliphatic heterocycles. The predicted octanol–water partition coefficient (Wildman–Crippen LogP) is 1.37. The molecule has 9 heteroatoms. The number of alkyl halides is 3. The van der Waals surface area contributed by atoms with Crippen LogP contribution in [0.3, 0.4) is 0 Å². The molecule has 1 aromatic rings. The van der Waals surface area contributed by atoms with Crippen LogP contribution < -0.4 is 4.90 Å². The Morgan fingerprint density at radius 2 is 2.00 bits per heavy atom. The first-order valence-corrected chi connectivity index (χ1v) is 7.88. The summed E-state index contributed by atoms with van der Waals surface area (Å²) >= 11 is 0. The molecule has 1 aliphatic rings. The normalized spacial score (nSPS) is 18.8. The minimum absolute atomic E-state index is 0.0574. The zero-order valence-electron chi connectivity index (χ0n) is 11.0. The molecule has 20 heavy (non-hydrogen) atoms. The lowest BCUT2D eigenvalue weighted by molar-refractivity contribution is -0.137. The Morgan fingerprint density at radius 1 is 1.40 bits per heavy atom. The van der Waals surface area contributed by atoms with Gasteiger partial charge in [0.05, 0.1) is 11.9 Å². The number of anilines is 1. The van der Waals surface area contributed by atoms with Gasteiger partial charge in [-0.2, -0.15) is 18.3 Å². The van der Waals surface area contributed by atoms with Crippen molar-refractivity contribution in [3.8, 4) is 0 Å². The SMILES string of the molecule is CC1(CS(C)(=O)=O)CN(c2nnccc2C(F)(F)F)C1. The summed E-state index contributed by atoms with van der Waals surface area (Å²) in [4.78, 5) is 1.40. The Kier molecular flexibility index (Phi) is 3.43. The van der Waals surface area contributed by atoms with Crippen molar-refractivity contribution in [2.75, 3.05) is 30.0 Å². The van der Waals surface area contributed by atoms with Crippen molar-refractivity contribution in [1.82, 2.24) is 10.2 Å². The van der Waals surface area contributed by atoms with Crippen LogP contribution in [0.5, 0.6) is 0 Å². The molecule has 0 atom stereocenters. The van der Waals surface area contributed by atoms with E-state index < -0.39 is 27.0 Å². The number of nitrogens with zero attached hydrogens (tertiary/aromatic N) is 3. The Labute approximate surface area is 114 Å². The highest BCUT2D eigenvalue weighted by Crippen LogP contribution is 2.40. The second kappa shape index (κ2) is 4.57. The van der Waals surface area contributed by atoms with Gasteiger partial charge in [-0.15, -0.1) is 5.10 Å². The molecule has 0 bridgehead atoms. The molecule has 0 radical (unpaired) electrons. The van der Waals surface area contributed by atoms with E-state index in [9.17, 15) is 21.6 Å². The molecule has 2 rings (SSSR count). The largest absolute Gasteiger partial charge is 0.420 e. The fourth-order valence-corrected chi connectivity index (χ4v) is 3.98. The number of rotatable bonds is 3. The fourth-order valence-electron chi connectivity index (χ4n) is 2.53. The van der Waals surface area contributed by atoms with Gasteiger partial charge in [0.25, 0.3) is 0 Å². The van der Waals surface area contributed by atoms with E-state index in [1.807, 2.05) is 0 Å². The lowest BCUT2D eigenvalue weighted by atomic mass is 9.84. The van der Waals surface area contributed by atoms with Crippen LogP contribution in [0.25, 0.3) is 0 Å². The van der Waals surface area contributed by atoms with Crippen LogP contribution in [0.15, 0.2) is 12.3 Å². The summed E-state index contributed by atoms with van der Waals surface area (Å²) in [7, 11) is -3.17. The van der Waals surface area contributed by atoms with E-state index in [2.05, 4.69) is 10.2 Å². The van der Waals surface area contributed by atoms with Crippen molar-refractivity contribution in [3.63, 3.8) is 0 Å². The summed E-state index contributed by atoms with van der Waals surface area (Å²) < 4.78 is 61.1. The summed E-state index contributed by atoms with van der Waals surface area (Å²) in [5.41, 5.74) is -1.40. The van der Waals surface area contributed by atoms with Crippen molar-refractivity contribution in [1.29, 1.82) is 0 Å². The third kappa shape index (κ3) is 3.20. The number of hydrogen-bond acceptors (Lipinski definition) is 5. The van der Waals surface area contributed by atoms with Crippen LogP contribution >= 0.6 is 0 Å². The molecule has 1 fully saturated rings. The van der Waals surface area contributed by atoms with Crippen molar-refractivity contribution in [2.24, 2.45) is 5.41 Å². The maximum atomic E-state index is 12.8. The summed E-state index contributed by atoms with van der Waals surface area (Å²) in [6, 6.07) is 0.870. The summed E-state index contributed by atoms with van der Waals surface area (Å²) in [5, 5.41) is 7.01. The highest BCUT2D eigenvalue weighted by molar-refractivity contribution is 7.90. The number of sulfone groups is 1. The van der Waals surface area contributed by atoms with E-state index in [1.165, 1.54) is 4.90 Å². The zero-order chi connectivity index (χ0) is 15.2. The molecule has 1 saturated heterocycles. The first kappa shape index (κ1) is 15.0. The third-order valence-corrected chi connectivity index (χ3v) is 4.28. The number of hydrogen-bond donors (Lipinski definition) is 0. The molecule has 0 N–H and O–H groups in total. The van der Waals surface area contributed by atoms with Crippen molar-refractivity contribution < 1.29 is 21.6 Å². The van der Waals surface area contributed by atoms with Crippen LogP contribution in [0.4, 0.5) is 19.0 Å². The maximum absolute atomic E-state index is 12.8. The highest BCUT2D eigenvalue weighted by Gasteiger charge is 2.45. The van der Waals surface area contributed by atoms with Crippen LogP contribution in [0.2, 0.25) is 0 Å². The standard InChI is InChI=1S/C11H14F3N3O2S/c1-10(7-20(2,18)19)5-17(6-10)9-8(11(12,13)14)3-4-15-16-9/h3-4H,5-7H2,1-2H3. The lowest BCUT2D eigenvalue weighted by Gasteiger charge is -2.48. The van der Waals surface area contributed by atoms with Crippen molar-refractivity contribution in [2.45, 2.75) is 13.1 Å². The molecule has 0 spiro atoms. The molecular formula is C11H14F3N3O2S. The quantitative estimate of drug-likeness (QED) is 0.844. The van der Waals surface area contributed by atoms with Crippen molar-refractivity contribution in [3.05, 3.63) is 17.8 Å². The van der Waals surface area contributed by atoms with Gasteiger partial charge in [0.2, 0.25) is 0 Å². The Bertz CT molecular complexity index is 610. The molecule has 1 aromatic heterocycles. The van der Waals surface area contributed by atoms with Gasteiger partial charge in [0, 0.05) is 24.8 Å². The van der Waals surface area contributed by atoms with Gasteiger partial charge in [-0.05, 0) is 6.07 Å². The van der Waals surface area contributed by atoms with E-state index in [-0.39, 0.29) is 24.7 Å². The van der Waals surface area contributed by atoms with Gasteiger partial charge in [-0.1, -0.05) is 6.92 Å². The van der Waals surface area contributed by atoms with E-state index in [0.717, 1.165) is 18.5 Å². The van der Waals surface area contributed by atoms with Gasteiger partial charge in [0.1, 0.15) is 15.4 Å². The van der Waals surface area contributed by atoms with Gasteiger partial charge in [-0.25, -0.2) is 8.42 Å². The Morgan fingerprint density at radius 3 is 2.50 bits per heavy atom. The van der Waals surface area contributed by atoms with Gasteiger partial charge >= 0.3 is 6.18 Å². The molecule has 0 amide bonds. The van der Waals surface area contributed by atoms with Crippen LogP contribution in [0, 0.1) is 5.41 Å². The average molecular weight is 309 g/mol. The molecule has 2 heterocycles. The summed E-state index contributed by atoms with van der Waals surface area (Å²) in [5.74, 6) is -0.302. The smallest absolute Gasteiger partial charge is 0.353 e. The topological polar surface area (TPSA) is 63.2 Å². The lowest BCUT2D eigenvalue weighted by Crippen LogP contribution is -2.58. The molecule has 112 valence electrons. The van der Waals surface area contributed by atoms with Crippen LogP contribution in [-0.4, -0.2) is 43.7 Å². The summed E-state index contributed by atoms with van der Waals surface area (Å²) in [6.07, 6.45) is -2.40. The first-order valence-electron chi connectivity index (χ1n) is 5.82. The van der Waals surface area contributed by atoms with Gasteiger partial charge < -0.3 is 4.90 Å². The van der Waals surface area contributed by atoms with Crippen LogP contribution in [0.1, 0.15) is 12.5 Å². The fraction of sp³-hybridized carbons (Fsp3) is 0.636. The van der Waals surface area contributed by atoms with E-state index >= 15 is 0 Å². The first-order chi connectivity index (χ1) is 9.00. The zero-order valence-corrected chi connectivity index (χ0v) is 11.8. The average Bonchev–Trinajstić information content (AvgIpc) is 2.22. The Balaban J connectivity index is 2.18. The molecule has 0 unspecified atom stereocenters. The minimum Gasteiger partial charge on any atom is -0.353 e. The third-order valence-electron chi connectivity index (χ3n) is 3.06. The monoisotopic (exact) mass is 309 g/mol. The van der Waals surface area contributed by atoms with Crippen molar-refractivity contribution >= 4 is 15.7 Å². The molecule has 0 aromatic carbocycles. The molecule has 5 nitrogen and oxygen atoms in total. The second-order valence-electron chi connectivity index (χ2n) is 5.50. The van der Waals surface area contributed by atoms with E-state index in [1.54, 1.807) is 6.92 Å². The number of aromatic nitrogens is 2. The highest BCUT2D eigenvalue weighted by atomic mass is 32.2. The number of halogens is 3. The molecule has 0 aliphatic carbocycles. The molecule has 0 saturated carbocycles. The van der Waals surface area contributed by atoms with Gasteiger partial charge in [-0.3, -0.25) is 0 Å². The Hall–Kier alpha value is -1.38. The summed E-state index contributed by atoms with van der Waals surface area (Å²) in [6.45, 7) is 2.15. The van der Waals surface area contributed by atoms with E-state index in [4.69, 9.17) is 0 Å². The molecular weight excluding hydrogens is 295 g/mol.